The number of aryl methyl sites for hydroxylation is 1. The molecular formula is C14H18N2O. The highest BCUT2D eigenvalue weighted by Gasteiger charge is 2.25. The van der Waals surface area contributed by atoms with E-state index >= 15 is 0 Å². The van der Waals surface area contributed by atoms with E-state index < -0.39 is 0 Å². The molecule has 17 heavy (non-hydrogen) atoms. The summed E-state index contributed by atoms with van der Waals surface area (Å²) >= 11 is 0. The van der Waals surface area contributed by atoms with E-state index in [0.29, 0.717) is 18.0 Å². The van der Waals surface area contributed by atoms with Crippen LogP contribution in [-0.4, -0.2) is 24.3 Å². The quantitative estimate of drug-likeness (QED) is 0.803. The van der Waals surface area contributed by atoms with E-state index in [1.165, 1.54) is 0 Å². The van der Waals surface area contributed by atoms with Crippen LogP contribution in [0.25, 0.3) is 0 Å². The molecule has 2 unspecified atom stereocenters. The Hall–Kier alpha value is -1.53. The summed E-state index contributed by atoms with van der Waals surface area (Å²) in [6.07, 6.45) is 0.677. The van der Waals surface area contributed by atoms with Crippen LogP contribution in [0.4, 0.5) is 5.69 Å². The van der Waals surface area contributed by atoms with Crippen molar-refractivity contribution in [3.63, 3.8) is 0 Å². The summed E-state index contributed by atoms with van der Waals surface area (Å²) in [4.78, 5) is 2.11. The molecule has 90 valence electrons. The molecule has 1 fully saturated rings. The fraction of sp³-hybridized carbons (Fsp3) is 0.500. The maximum atomic E-state index is 9.90. The van der Waals surface area contributed by atoms with Crippen LogP contribution < -0.4 is 4.90 Å². The molecule has 0 aliphatic carbocycles. The number of nitriles is 1. The molecule has 2 rings (SSSR count). The van der Waals surface area contributed by atoms with E-state index in [0.717, 1.165) is 24.2 Å². The summed E-state index contributed by atoms with van der Waals surface area (Å²) in [7, 11) is 0. The molecule has 3 heteroatoms. The van der Waals surface area contributed by atoms with Gasteiger partial charge in [-0.05, 0) is 37.0 Å². The highest BCUT2D eigenvalue weighted by atomic mass is 16.3. The number of hydrogen-bond donors (Lipinski definition) is 1. The number of hydrogen-bond acceptors (Lipinski definition) is 3. The third-order valence-corrected chi connectivity index (χ3v) is 3.53. The lowest BCUT2D eigenvalue weighted by Crippen LogP contribution is -2.43. The molecular weight excluding hydrogens is 212 g/mol. The predicted octanol–water partition coefficient (Wildman–Crippen LogP) is 2.07. The normalized spacial score (nSPS) is 24.5. The van der Waals surface area contributed by atoms with E-state index in [9.17, 15) is 5.11 Å². The first-order valence-electron chi connectivity index (χ1n) is 6.05. The highest BCUT2D eigenvalue weighted by molar-refractivity contribution is 5.60. The third kappa shape index (κ3) is 2.42. The van der Waals surface area contributed by atoms with Crippen molar-refractivity contribution < 1.29 is 5.11 Å². The topological polar surface area (TPSA) is 47.3 Å². The number of piperidine rings is 1. The lowest BCUT2D eigenvalue weighted by Gasteiger charge is -2.36. The van der Waals surface area contributed by atoms with Crippen molar-refractivity contribution in [2.75, 3.05) is 18.0 Å². The zero-order valence-corrected chi connectivity index (χ0v) is 10.3. The van der Waals surface area contributed by atoms with Gasteiger partial charge in [0, 0.05) is 13.1 Å². The lowest BCUT2D eigenvalue weighted by molar-refractivity contribution is 0.103. The Kier molecular flexibility index (Phi) is 3.35. The molecule has 0 spiro atoms. The molecule has 1 N–H and O–H groups in total. The fourth-order valence-corrected chi connectivity index (χ4v) is 2.28. The SMILES string of the molecule is Cc1ccc(N2CCC(C)C(O)C2)c(C#N)c1. The second-order valence-corrected chi connectivity index (χ2v) is 4.91. The van der Waals surface area contributed by atoms with Crippen molar-refractivity contribution in [3.8, 4) is 6.07 Å². The summed E-state index contributed by atoms with van der Waals surface area (Å²) in [5.74, 6) is 0.349. The second kappa shape index (κ2) is 4.77. The van der Waals surface area contributed by atoms with Crippen LogP contribution in [0.3, 0.4) is 0 Å². The van der Waals surface area contributed by atoms with Crippen molar-refractivity contribution in [1.82, 2.24) is 0 Å². The van der Waals surface area contributed by atoms with E-state index in [2.05, 4.69) is 17.9 Å². The Morgan fingerprint density at radius 3 is 2.88 bits per heavy atom. The van der Waals surface area contributed by atoms with Gasteiger partial charge in [-0.15, -0.1) is 0 Å². The van der Waals surface area contributed by atoms with E-state index in [-0.39, 0.29) is 6.10 Å². The maximum absolute atomic E-state index is 9.90. The summed E-state index contributed by atoms with van der Waals surface area (Å²) < 4.78 is 0. The van der Waals surface area contributed by atoms with Gasteiger partial charge in [0.1, 0.15) is 6.07 Å². The Morgan fingerprint density at radius 2 is 2.24 bits per heavy atom. The third-order valence-electron chi connectivity index (χ3n) is 3.53. The minimum absolute atomic E-state index is 0.295. The Bertz CT molecular complexity index is 450. The minimum atomic E-state index is -0.295. The lowest BCUT2D eigenvalue weighted by atomic mass is 9.95. The Morgan fingerprint density at radius 1 is 1.47 bits per heavy atom. The number of rotatable bonds is 1. The molecule has 1 aromatic carbocycles. The molecule has 1 saturated heterocycles. The van der Waals surface area contributed by atoms with Crippen molar-refractivity contribution in [1.29, 1.82) is 5.26 Å². The molecule has 0 bridgehead atoms. The standard InChI is InChI=1S/C14H18N2O/c1-10-3-4-13(12(7-10)8-15)16-6-5-11(2)14(17)9-16/h3-4,7,11,14,17H,5-6,9H2,1-2H3. The van der Waals surface area contributed by atoms with Crippen molar-refractivity contribution in [3.05, 3.63) is 29.3 Å². The largest absolute Gasteiger partial charge is 0.391 e. The van der Waals surface area contributed by atoms with Gasteiger partial charge in [0.2, 0.25) is 0 Å². The first kappa shape index (κ1) is 11.9. The van der Waals surface area contributed by atoms with Crippen molar-refractivity contribution >= 4 is 5.69 Å². The van der Waals surface area contributed by atoms with Gasteiger partial charge >= 0.3 is 0 Å². The molecule has 1 aliphatic heterocycles. The molecule has 0 radical (unpaired) electrons. The van der Waals surface area contributed by atoms with E-state index in [1.54, 1.807) is 0 Å². The first-order chi connectivity index (χ1) is 8.11. The van der Waals surface area contributed by atoms with Crippen LogP contribution >= 0.6 is 0 Å². The van der Waals surface area contributed by atoms with Crippen molar-refractivity contribution in [2.24, 2.45) is 5.92 Å². The Labute approximate surface area is 102 Å². The van der Waals surface area contributed by atoms with Gasteiger partial charge in [0.25, 0.3) is 0 Å². The monoisotopic (exact) mass is 230 g/mol. The second-order valence-electron chi connectivity index (χ2n) is 4.91. The Balaban J connectivity index is 2.26. The molecule has 2 atom stereocenters. The molecule has 0 saturated carbocycles. The summed E-state index contributed by atoms with van der Waals surface area (Å²) in [5, 5.41) is 19.1. The van der Waals surface area contributed by atoms with Gasteiger partial charge in [-0.25, -0.2) is 0 Å². The average molecular weight is 230 g/mol. The van der Waals surface area contributed by atoms with Crippen LogP contribution in [0, 0.1) is 24.2 Å². The molecule has 3 nitrogen and oxygen atoms in total. The first-order valence-corrected chi connectivity index (χ1v) is 6.05. The molecule has 0 aromatic heterocycles. The molecule has 0 amide bonds. The predicted molar refractivity (Wildman–Crippen MR) is 67.9 cm³/mol. The summed E-state index contributed by atoms with van der Waals surface area (Å²) in [6, 6.07) is 8.14. The number of aliphatic hydroxyl groups is 1. The zero-order chi connectivity index (χ0) is 12.4. The maximum Gasteiger partial charge on any atom is 0.101 e. The number of anilines is 1. The molecule has 1 aliphatic rings. The number of aliphatic hydroxyl groups excluding tert-OH is 1. The number of benzene rings is 1. The van der Waals surface area contributed by atoms with Gasteiger partial charge in [-0.2, -0.15) is 5.26 Å². The fourth-order valence-electron chi connectivity index (χ4n) is 2.28. The van der Waals surface area contributed by atoms with Gasteiger partial charge in [-0.1, -0.05) is 13.0 Å². The minimum Gasteiger partial charge on any atom is -0.391 e. The van der Waals surface area contributed by atoms with Gasteiger partial charge in [0.05, 0.1) is 17.4 Å². The van der Waals surface area contributed by atoms with Crippen LogP contribution in [0.5, 0.6) is 0 Å². The highest BCUT2D eigenvalue weighted by Crippen LogP contribution is 2.26. The molecule has 1 aromatic rings. The van der Waals surface area contributed by atoms with Gasteiger partial charge < -0.3 is 10.0 Å². The van der Waals surface area contributed by atoms with Gasteiger partial charge in [0.15, 0.2) is 0 Å². The number of nitrogens with zero attached hydrogens (tertiary/aromatic N) is 2. The van der Waals surface area contributed by atoms with Crippen LogP contribution in [0.15, 0.2) is 18.2 Å². The van der Waals surface area contributed by atoms with Crippen molar-refractivity contribution in [2.45, 2.75) is 26.4 Å². The van der Waals surface area contributed by atoms with Gasteiger partial charge in [-0.3, -0.25) is 0 Å². The van der Waals surface area contributed by atoms with E-state index in [1.807, 2.05) is 25.1 Å². The molecule has 1 heterocycles. The van der Waals surface area contributed by atoms with E-state index in [4.69, 9.17) is 5.26 Å². The average Bonchev–Trinajstić information content (AvgIpc) is 2.32. The summed E-state index contributed by atoms with van der Waals surface area (Å²) in [6.45, 7) is 5.59. The van der Waals surface area contributed by atoms with Crippen LogP contribution in [0.1, 0.15) is 24.5 Å². The van der Waals surface area contributed by atoms with Crippen LogP contribution in [-0.2, 0) is 0 Å². The number of β-amino-alcohol motifs (C(OH)–C–C–N with tert-alkyl or cyclic N) is 1. The van der Waals surface area contributed by atoms with Crippen LogP contribution in [0.2, 0.25) is 0 Å². The summed E-state index contributed by atoms with van der Waals surface area (Å²) in [5.41, 5.74) is 2.74. The zero-order valence-electron chi connectivity index (χ0n) is 10.3. The smallest absolute Gasteiger partial charge is 0.101 e.